The molecule has 1 amide bonds. The molecule has 0 radical (unpaired) electrons. The minimum Gasteiger partial charge on any atom is -0.483 e. The average Bonchev–Trinajstić information content (AvgIpc) is 2.54. The number of carbonyl (C=O) groups excluding carboxylic acids is 1. The Labute approximate surface area is 157 Å². The molecule has 0 atom stereocenters. The van der Waals surface area contributed by atoms with Gasteiger partial charge < -0.3 is 4.74 Å². The maximum absolute atomic E-state index is 11.8. The van der Waals surface area contributed by atoms with Gasteiger partial charge in [-0.05, 0) is 51.5 Å². The van der Waals surface area contributed by atoms with Crippen LogP contribution in [0.2, 0.25) is 0 Å². The van der Waals surface area contributed by atoms with Crippen LogP contribution < -0.4 is 10.2 Å². The van der Waals surface area contributed by atoms with Crippen LogP contribution in [-0.4, -0.2) is 18.7 Å². The molecule has 0 aliphatic heterocycles. The smallest absolute Gasteiger partial charge is 0.277 e. The first kappa shape index (κ1) is 19.2. The molecule has 0 heterocycles. The van der Waals surface area contributed by atoms with Crippen molar-refractivity contribution in [1.29, 1.82) is 0 Å². The molecule has 0 aliphatic carbocycles. The summed E-state index contributed by atoms with van der Waals surface area (Å²) < 4.78 is 6.38. The highest BCUT2D eigenvalue weighted by Crippen LogP contribution is 2.31. The molecule has 2 aromatic rings. The number of nitrogens with zero attached hydrogens (tertiary/aromatic N) is 1. The molecule has 4 nitrogen and oxygen atoms in total. The number of amides is 1. The summed E-state index contributed by atoms with van der Waals surface area (Å²) in [6, 6.07) is 13.8. The highest BCUT2D eigenvalue weighted by molar-refractivity contribution is 9.10. The molecule has 1 N–H and O–H groups in total. The van der Waals surface area contributed by atoms with E-state index in [0.29, 0.717) is 5.75 Å². The molecular formula is C20H23BrN2O2. The van der Waals surface area contributed by atoms with E-state index in [2.05, 4.69) is 47.2 Å². The second kappa shape index (κ2) is 8.30. The Hall–Kier alpha value is -2.14. The summed E-state index contributed by atoms with van der Waals surface area (Å²) in [5.74, 6) is 0.320. The fourth-order valence-corrected chi connectivity index (χ4v) is 2.58. The normalized spacial score (nSPS) is 11.6. The molecular weight excluding hydrogens is 380 g/mol. The zero-order valence-corrected chi connectivity index (χ0v) is 16.6. The van der Waals surface area contributed by atoms with Crippen molar-refractivity contribution in [2.45, 2.75) is 33.1 Å². The number of nitrogens with one attached hydrogen (secondary N) is 1. The van der Waals surface area contributed by atoms with Gasteiger partial charge >= 0.3 is 0 Å². The molecule has 0 saturated carbocycles. The van der Waals surface area contributed by atoms with Gasteiger partial charge in [-0.25, -0.2) is 5.43 Å². The van der Waals surface area contributed by atoms with Crippen molar-refractivity contribution in [2.75, 3.05) is 6.61 Å². The first-order valence-corrected chi connectivity index (χ1v) is 8.86. The van der Waals surface area contributed by atoms with Gasteiger partial charge in [0.25, 0.3) is 5.91 Å². The Morgan fingerprint density at radius 3 is 2.48 bits per heavy atom. The van der Waals surface area contributed by atoms with Gasteiger partial charge in [-0.1, -0.05) is 56.7 Å². The predicted octanol–water partition coefficient (Wildman–Crippen LogP) is 4.58. The zero-order valence-electron chi connectivity index (χ0n) is 15.0. The minimum absolute atomic E-state index is 0.0586. The summed E-state index contributed by atoms with van der Waals surface area (Å²) in [4.78, 5) is 11.8. The molecule has 0 bridgehead atoms. The number of hydrogen-bond acceptors (Lipinski definition) is 3. The van der Waals surface area contributed by atoms with E-state index in [1.807, 2.05) is 49.4 Å². The van der Waals surface area contributed by atoms with Crippen molar-refractivity contribution >= 4 is 28.1 Å². The maximum Gasteiger partial charge on any atom is 0.277 e. The van der Waals surface area contributed by atoms with Crippen LogP contribution in [0.1, 0.15) is 37.5 Å². The van der Waals surface area contributed by atoms with E-state index in [0.717, 1.165) is 10.0 Å². The molecule has 0 saturated heterocycles. The fraction of sp³-hybridized carbons (Fsp3) is 0.300. The number of rotatable bonds is 5. The molecule has 0 aromatic heterocycles. The lowest BCUT2D eigenvalue weighted by molar-refractivity contribution is -0.123. The van der Waals surface area contributed by atoms with E-state index in [-0.39, 0.29) is 17.9 Å². The van der Waals surface area contributed by atoms with Gasteiger partial charge in [0.05, 0.1) is 10.7 Å². The van der Waals surface area contributed by atoms with Crippen LogP contribution in [-0.2, 0) is 10.2 Å². The summed E-state index contributed by atoms with van der Waals surface area (Å²) >= 11 is 3.49. The molecule has 2 rings (SSSR count). The molecule has 0 unspecified atom stereocenters. The van der Waals surface area contributed by atoms with E-state index >= 15 is 0 Å². The van der Waals surface area contributed by atoms with Crippen LogP contribution in [0.4, 0.5) is 0 Å². The van der Waals surface area contributed by atoms with Gasteiger partial charge in [-0.2, -0.15) is 5.10 Å². The SMILES string of the molecule is Cc1ccc(/C=N\NC(=O)COc2ccc(C(C)(C)C)cc2Br)cc1. The summed E-state index contributed by atoms with van der Waals surface area (Å²) in [5, 5.41) is 3.94. The molecule has 132 valence electrons. The second-order valence-electron chi connectivity index (χ2n) is 6.89. The van der Waals surface area contributed by atoms with Gasteiger partial charge in [0.2, 0.25) is 0 Å². The van der Waals surface area contributed by atoms with E-state index < -0.39 is 0 Å². The Balaban J connectivity index is 1.86. The highest BCUT2D eigenvalue weighted by atomic mass is 79.9. The largest absolute Gasteiger partial charge is 0.483 e. The van der Waals surface area contributed by atoms with Crippen LogP contribution in [0.3, 0.4) is 0 Å². The number of halogens is 1. The zero-order chi connectivity index (χ0) is 18.4. The lowest BCUT2D eigenvalue weighted by atomic mass is 9.87. The fourth-order valence-electron chi connectivity index (χ4n) is 2.09. The van der Waals surface area contributed by atoms with Crippen molar-refractivity contribution in [3.63, 3.8) is 0 Å². The number of ether oxygens (including phenoxy) is 1. The van der Waals surface area contributed by atoms with Gasteiger partial charge in [-0.3, -0.25) is 4.79 Å². The predicted molar refractivity (Wildman–Crippen MR) is 105 cm³/mol. The lowest BCUT2D eigenvalue weighted by Gasteiger charge is -2.20. The van der Waals surface area contributed by atoms with Gasteiger partial charge in [0.1, 0.15) is 5.75 Å². The Bertz CT molecular complexity index is 762. The standard InChI is InChI=1S/C20H23BrN2O2/c1-14-5-7-15(8-6-14)12-22-23-19(24)13-25-18-10-9-16(11-17(18)21)20(2,3)4/h5-12H,13H2,1-4H3,(H,23,24)/b22-12-. The number of hydrogen-bond donors (Lipinski definition) is 1. The third-order valence-electron chi connectivity index (χ3n) is 3.64. The van der Waals surface area contributed by atoms with Crippen molar-refractivity contribution in [3.8, 4) is 5.75 Å². The van der Waals surface area contributed by atoms with Gasteiger partial charge in [0.15, 0.2) is 6.61 Å². The number of aryl methyl sites for hydroxylation is 1. The molecule has 2 aromatic carbocycles. The van der Waals surface area contributed by atoms with Crippen LogP contribution in [0.25, 0.3) is 0 Å². The molecule has 0 aliphatic rings. The second-order valence-corrected chi connectivity index (χ2v) is 7.74. The van der Waals surface area contributed by atoms with Gasteiger partial charge in [0, 0.05) is 0 Å². The molecule has 0 fully saturated rings. The molecule has 25 heavy (non-hydrogen) atoms. The monoisotopic (exact) mass is 402 g/mol. The van der Waals surface area contributed by atoms with Crippen LogP contribution in [0.15, 0.2) is 52.0 Å². The number of benzene rings is 2. The van der Waals surface area contributed by atoms with Crippen molar-refractivity contribution < 1.29 is 9.53 Å². The summed E-state index contributed by atoms with van der Waals surface area (Å²) in [7, 11) is 0. The number of carbonyl (C=O) groups is 1. The van der Waals surface area contributed by atoms with Crippen molar-refractivity contribution in [1.82, 2.24) is 5.43 Å². The molecule has 0 spiro atoms. The van der Waals surface area contributed by atoms with E-state index in [4.69, 9.17) is 4.74 Å². The summed E-state index contributed by atoms with van der Waals surface area (Å²) in [6.07, 6.45) is 1.60. The first-order chi connectivity index (χ1) is 11.8. The number of hydrazone groups is 1. The van der Waals surface area contributed by atoms with Gasteiger partial charge in [-0.15, -0.1) is 0 Å². The highest BCUT2D eigenvalue weighted by Gasteiger charge is 2.15. The lowest BCUT2D eigenvalue weighted by Crippen LogP contribution is -2.24. The van der Waals surface area contributed by atoms with E-state index in [1.165, 1.54) is 11.1 Å². The van der Waals surface area contributed by atoms with E-state index in [1.54, 1.807) is 6.21 Å². The molecule has 5 heteroatoms. The Morgan fingerprint density at radius 1 is 1.20 bits per heavy atom. The Morgan fingerprint density at radius 2 is 1.88 bits per heavy atom. The van der Waals surface area contributed by atoms with Crippen LogP contribution in [0.5, 0.6) is 5.75 Å². The average molecular weight is 403 g/mol. The van der Waals surface area contributed by atoms with Crippen LogP contribution >= 0.6 is 15.9 Å². The van der Waals surface area contributed by atoms with E-state index in [9.17, 15) is 4.79 Å². The Kier molecular flexibility index (Phi) is 6.37. The summed E-state index contributed by atoms with van der Waals surface area (Å²) in [5.41, 5.74) is 5.82. The van der Waals surface area contributed by atoms with Crippen molar-refractivity contribution in [2.24, 2.45) is 5.10 Å². The first-order valence-electron chi connectivity index (χ1n) is 8.07. The maximum atomic E-state index is 11.8. The third-order valence-corrected chi connectivity index (χ3v) is 4.26. The van der Waals surface area contributed by atoms with Crippen LogP contribution in [0, 0.1) is 6.92 Å². The minimum atomic E-state index is -0.310. The quantitative estimate of drug-likeness (QED) is 0.587. The topological polar surface area (TPSA) is 50.7 Å². The van der Waals surface area contributed by atoms with Crippen molar-refractivity contribution in [3.05, 3.63) is 63.6 Å². The third kappa shape index (κ3) is 6.02. The summed E-state index contributed by atoms with van der Waals surface area (Å²) in [6.45, 7) is 8.36.